The minimum Gasteiger partial charge on any atom is -0.306 e. The number of alkyl halides is 2. The Balaban J connectivity index is 3.19. The molecule has 1 rings (SSSR count). The molecule has 0 aliphatic rings. The van der Waals surface area contributed by atoms with E-state index >= 15 is 0 Å². The summed E-state index contributed by atoms with van der Waals surface area (Å²) in [5.74, 6) is -0.570. The van der Waals surface area contributed by atoms with Gasteiger partial charge in [-0.2, -0.15) is 0 Å². The van der Waals surface area contributed by atoms with Gasteiger partial charge < -0.3 is 4.55 Å². The minimum atomic E-state index is -2.88. The summed E-state index contributed by atoms with van der Waals surface area (Å²) in [7, 11) is 0. The van der Waals surface area contributed by atoms with Crippen LogP contribution in [0.3, 0.4) is 0 Å². The third kappa shape index (κ3) is 3.00. The van der Waals surface area contributed by atoms with E-state index < -0.39 is 39.4 Å². The molecule has 6 nitrogen and oxygen atoms in total. The summed E-state index contributed by atoms with van der Waals surface area (Å²) in [6.07, 6.45) is -2.13. The first-order valence-corrected chi connectivity index (χ1v) is 5.18. The van der Waals surface area contributed by atoms with E-state index in [1.54, 1.807) is 0 Å². The molecule has 88 valence electrons. The largest absolute Gasteiger partial charge is 0.306 e. The van der Waals surface area contributed by atoms with Gasteiger partial charge in [0.15, 0.2) is 11.1 Å². The molecule has 0 aliphatic carbocycles. The summed E-state index contributed by atoms with van der Waals surface area (Å²) in [6.45, 7) is 0. The van der Waals surface area contributed by atoms with Gasteiger partial charge in [-0.25, -0.2) is 13.0 Å². The van der Waals surface area contributed by atoms with Gasteiger partial charge in [0, 0.05) is 17.8 Å². The van der Waals surface area contributed by atoms with E-state index in [1.165, 1.54) is 0 Å². The highest BCUT2D eigenvalue weighted by atomic mass is 32.2. The van der Waals surface area contributed by atoms with E-state index in [0.29, 0.717) is 6.07 Å². The van der Waals surface area contributed by atoms with Crippen LogP contribution in [0.5, 0.6) is 0 Å². The molecule has 0 aromatic carbocycles. The molecule has 1 unspecified atom stereocenters. The molecule has 0 spiro atoms. The van der Waals surface area contributed by atoms with E-state index in [4.69, 9.17) is 4.55 Å². The van der Waals surface area contributed by atoms with Gasteiger partial charge in [-0.1, -0.05) is 0 Å². The molecule has 16 heavy (non-hydrogen) atoms. The van der Waals surface area contributed by atoms with Crippen LogP contribution < -0.4 is 0 Å². The summed E-state index contributed by atoms with van der Waals surface area (Å²) >= 11 is -2.32. The molecule has 0 amide bonds. The maximum absolute atomic E-state index is 12.2. The van der Waals surface area contributed by atoms with Crippen LogP contribution in [-0.2, 0) is 16.8 Å². The summed E-state index contributed by atoms with van der Waals surface area (Å²) in [5.41, 5.74) is -1.57. The second-order valence-corrected chi connectivity index (χ2v) is 3.69. The lowest BCUT2D eigenvalue weighted by atomic mass is 10.2. The van der Waals surface area contributed by atoms with Gasteiger partial charge in [0.1, 0.15) is 5.69 Å². The van der Waals surface area contributed by atoms with Crippen molar-refractivity contribution >= 4 is 16.8 Å². The molecule has 1 aromatic rings. The van der Waals surface area contributed by atoms with Crippen LogP contribution >= 0.6 is 0 Å². The Bertz CT molecular complexity index is 440. The second-order valence-electron chi connectivity index (χ2n) is 2.76. The number of nitrogens with zero attached hydrogens (tertiary/aromatic N) is 2. The highest BCUT2D eigenvalue weighted by Gasteiger charge is 2.20. The molecule has 0 radical (unpaired) electrons. The molecule has 0 saturated heterocycles. The van der Waals surface area contributed by atoms with Gasteiger partial charge in [0.05, 0.1) is 10.7 Å². The first-order valence-electron chi connectivity index (χ1n) is 3.90. The molecular weight excluding hydrogens is 246 g/mol. The predicted molar refractivity (Wildman–Crippen MR) is 50.3 cm³/mol. The predicted octanol–water partition coefficient (Wildman–Crippen LogP) is 1.65. The Morgan fingerprint density at radius 3 is 2.69 bits per heavy atom. The minimum absolute atomic E-state index is 0.296. The van der Waals surface area contributed by atoms with Gasteiger partial charge in [0.25, 0.3) is 12.1 Å². The lowest BCUT2D eigenvalue weighted by molar-refractivity contribution is -0.385. The molecule has 0 saturated carbocycles. The van der Waals surface area contributed by atoms with Crippen LogP contribution in [0.15, 0.2) is 12.3 Å². The standard InChI is InChI=1S/C7H6F2N2O4S/c8-7(9)4-1-6(11(12)13)5(10-2-4)3-16(14)15/h1-2,7H,3H2,(H,14,15). The highest BCUT2D eigenvalue weighted by Crippen LogP contribution is 2.25. The van der Waals surface area contributed by atoms with Gasteiger partial charge in [-0.3, -0.25) is 15.1 Å². The highest BCUT2D eigenvalue weighted by molar-refractivity contribution is 7.78. The number of nitro groups is 1. The molecule has 1 heterocycles. The summed E-state index contributed by atoms with van der Waals surface area (Å²) < 4.78 is 43.5. The van der Waals surface area contributed by atoms with Crippen molar-refractivity contribution in [3.63, 3.8) is 0 Å². The van der Waals surface area contributed by atoms with Crippen molar-refractivity contribution in [2.75, 3.05) is 0 Å². The van der Waals surface area contributed by atoms with Gasteiger partial charge >= 0.3 is 0 Å². The van der Waals surface area contributed by atoms with Crippen molar-refractivity contribution in [3.05, 3.63) is 33.6 Å². The summed E-state index contributed by atoms with van der Waals surface area (Å²) in [5, 5.41) is 10.5. The van der Waals surface area contributed by atoms with E-state index in [1.807, 2.05) is 0 Å². The fraction of sp³-hybridized carbons (Fsp3) is 0.286. The lowest BCUT2D eigenvalue weighted by Crippen LogP contribution is -2.03. The molecular formula is C7H6F2N2O4S. The second kappa shape index (κ2) is 5.03. The van der Waals surface area contributed by atoms with Crippen molar-refractivity contribution in [2.24, 2.45) is 0 Å². The first-order chi connectivity index (χ1) is 7.41. The normalized spacial score (nSPS) is 12.8. The topological polar surface area (TPSA) is 93.3 Å². The van der Waals surface area contributed by atoms with Crippen LogP contribution in [0.4, 0.5) is 14.5 Å². The SMILES string of the molecule is O=[N+]([O-])c1cc(C(F)F)cnc1CS(=O)O. The molecule has 1 aromatic heterocycles. The van der Waals surface area contributed by atoms with Crippen LogP contribution in [0, 0.1) is 10.1 Å². The fourth-order valence-corrected chi connectivity index (χ4v) is 1.46. The van der Waals surface area contributed by atoms with Crippen molar-refractivity contribution in [3.8, 4) is 0 Å². The number of hydrogen-bond acceptors (Lipinski definition) is 4. The number of rotatable bonds is 4. The fourth-order valence-electron chi connectivity index (χ4n) is 1.00. The monoisotopic (exact) mass is 252 g/mol. The third-order valence-corrected chi connectivity index (χ3v) is 2.20. The Kier molecular flexibility index (Phi) is 3.96. The van der Waals surface area contributed by atoms with E-state index in [2.05, 4.69) is 4.98 Å². The van der Waals surface area contributed by atoms with E-state index in [9.17, 15) is 23.1 Å². The van der Waals surface area contributed by atoms with Crippen molar-refractivity contribution < 1.29 is 22.5 Å². The van der Waals surface area contributed by atoms with Crippen molar-refractivity contribution in [1.82, 2.24) is 4.98 Å². The zero-order chi connectivity index (χ0) is 12.3. The molecule has 0 fully saturated rings. The number of aromatic nitrogens is 1. The average Bonchev–Trinajstić information content (AvgIpc) is 2.16. The van der Waals surface area contributed by atoms with E-state index in [-0.39, 0.29) is 5.69 Å². The Morgan fingerprint density at radius 1 is 1.62 bits per heavy atom. The van der Waals surface area contributed by atoms with Crippen LogP contribution in [0.25, 0.3) is 0 Å². The third-order valence-electron chi connectivity index (χ3n) is 1.68. The van der Waals surface area contributed by atoms with E-state index in [0.717, 1.165) is 6.20 Å². The smallest absolute Gasteiger partial charge is 0.292 e. The van der Waals surface area contributed by atoms with Crippen molar-refractivity contribution in [2.45, 2.75) is 12.2 Å². The van der Waals surface area contributed by atoms with Gasteiger partial charge in [0.2, 0.25) is 0 Å². The van der Waals surface area contributed by atoms with Gasteiger partial charge in [-0.05, 0) is 0 Å². The molecule has 9 heteroatoms. The first kappa shape index (κ1) is 12.6. The Hall–Kier alpha value is -1.48. The Morgan fingerprint density at radius 2 is 2.25 bits per heavy atom. The number of pyridine rings is 1. The maximum atomic E-state index is 12.2. The van der Waals surface area contributed by atoms with Crippen LogP contribution in [0.1, 0.15) is 17.7 Å². The van der Waals surface area contributed by atoms with Crippen LogP contribution in [0.2, 0.25) is 0 Å². The number of halogens is 2. The Labute approximate surface area is 90.7 Å². The average molecular weight is 252 g/mol. The summed E-state index contributed by atoms with van der Waals surface area (Å²) in [6, 6.07) is 0.653. The maximum Gasteiger partial charge on any atom is 0.292 e. The van der Waals surface area contributed by atoms with Gasteiger partial charge in [-0.15, -0.1) is 0 Å². The summed E-state index contributed by atoms with van der Waals surface area (Å²) in [4.78, 5) is 13.0. The molecule has 1 atom stereocenters. The quantitative estimate of drug-likeness (QED) is 0.499. The molecule has 0 aliphatic heterocycles. The van der Waals surface area contributed by atoms with Crippen molar-refractivity contribution in [1.29, 1.82) is 0 Å². The molecule has 1 N–H and O–H groups in total. The molecule has 0 bridgehead atoms. The van der Waals surface area contributed by atoms with Crippen LogP contribution in [-0.4, -0.2) is 18.7 Å². The lowest BCUT2D eigenvalue weighted by Gasteiger charge is -2.02. The number of hydrogen-bond donors (Lipinski definition) is 1. The zero-order valence-electron chi connectivity index (χ0n) is 7.67. The zero-order valence-corrected chi connectivity index (χ0v) is 8.49.